The zero-order valence-corrected chi connectivity index (χ0v) is 12.5. The normalized spacial score (nSPS) is 25.6. The SMILES string of the molecule is CC(C)N1CCN(C(C(N)=O)C2CCCCC2)CC1. The van der Waals surface area contributed by atoms with E-state index in [0.717, 1.165) is 26.2 Å². The fraction of sp³-hybridized carbons (Fsp3) is 0.933. The van der Waals surface area contributed by atoms with Gasteiger partial charge in [0.1, 0.15) is 0 Å². The van der Waals surface area contributed by atoms with Crippen LogP contribution in [0.1, 0.15) is 46.0 Å². The molecule has 0 aromatic heterocycles. The maximum absolute atomic E-state index is 11.9. The van der Waals surface area contributed by atoms with Crippen LogP contribution in [0.5, 0.6) is 0 Å². The molecule has 1 aliphatic heterocycles. The predicted octanol–water partition coefficient (Wildman–Crippen LogP) is 1.45. The van der Waals surface area contributed by atoms with E-state index in [1.54, 1.807) is 0 Å². The third-order valence-corrected chi connectivity index (χ3v) is 4.86. The van der Waals surface area contributed by atoms with Crippen molar-refractivity contribution in [3.8, 4) is 0 Å². The molecule has 0 radical (unpaired) electrons. The Balaban J connectivity index is 1.94. The van der Waals surface area contributed by atoms with Gasteiger partial charge < -0.3 is 5.73 Å². The van der Waals surface area contributed by atoms with Gasteiger partial charge in [-0.2, -0.15) is 0 Å². The van der Waals surface area contributed by atoms with Gasteiger partial charge >= 0.3 is 0 Å². The highest BCUT2D eigenvalue weighted by molar-refractivity contribution is 5.80. The summed E-state index contributed by atoms with van der Waals surface area (Å²) >= 11 is 0. The van der Waals surface area contributed by atoms with E-state index < -0.39 is 0 Å². The molecule has 0 aromatic rings. The Morgan fingerprint density at radius 3 is 2.00 bits per heavy atom. The lowest BCUT2D eigenvalue weighted by Gasteiger charge is -2.42. The Kier molecular flexibility index (Phi) is 5.22. The van der Waals surface area contributed by atoms with Crippen molar-refractivity contribution in [2.75, 3.05) is 26.2 Å². The molecule has 1 unspecified atom stereocenters. The molecule has 2 rings (SSSR count). The lowest BCUT2D eigenvalue weighted by atomic mass is 9.82. The Morgan fingerprint density at radius 1 is 1.00 bits per heavy atom. The van der Waals surface area contributed by atoms with E-state index in [4.69, 9.17) is 5.73 Å². The third kappa shape index (κ3) is 3.69. The van der Waals surface area contributed by atoms with Crippen LogP contribution in [0.4, 0.5) is 0 Å². The van der Waals surface area contributed by atoms with Gasteiger partial charge in [0.05, 0.1) is 6.04 Å². The van der Waals surface area contributed by atoms with Crippen LogP contribution in [-0.4, -0.2) is 54.0 Å². The van der Waals surface area contributed by atoms with E-state index in [0.29, 0.717) is 12.0 Å². The fourth-order valence-corrected chi connectivity index (χ4v) is 3.69. The van der Waals surface area contributed by atoms with E-state index >= 15 is 0 Å². The largest absolute Gasteiger partial charge is 0.368 e. The van der Waals surface area contributed by atoms with Crippen molar-refractivity contribution in [2.45, 2.75) is 58.0 Å². The first kappa shape index (κ1) is 14.8. The summed E-state index contributed by atoms with van der Waals surface area (Å²) in [6.07, 6.45) is 6.21. The van der Waals surface area contributed by atoms with E-state index in [1.165, 1.54) is 32.1 Å². The zero-order chi connectivity index (χ0) is 13.8. The molecule has 110 valence electrons. The molecule has 0 spiro atoms. The number of hydrogen-bond donors (Lipinski definition) is 1. The minimum absolute atomic E-state index is 0.0189. The van der Waals surface area contributed by atoms with Gasteiger partial charge in [-0.15, -0.1) is 0 Å². The number of rotatable bonds is 4. The molecule has 1 saturated heterocycles. The Labute approximate surface area is 117 Å². The van der Waals surface area contributed by atoms with Crippen LogP contribution in [0.2, 0.25) is 0 Å². The number of hydrogen-bond acceptors (Lipinski definition) is 3. The summed E-state index contributed by atoms with van der Waals surface area (Å²) in [5.41, 5.74) is 5.70. The highest BCUT2D eigenvalue weighted by atomic mass is 16.1. The molecule has 1 atom stereocenters. The smallest absolute Gasteiger partial charge is 0.235 e. The Morgan fingerprint density at radius 2 is 1.53 bits per heavy atom. The Bertz CT molecular complexity index is 292. The van der Waals surface area contributed by atoms with Crippen LogP contribution < -0.4 is 5.73 Å². The summed E-state index contributed by atoms with van der Waals surface area (Å²) in [6, 6.07) is 0.582. The second-order valence-electron chi connectivity index (χ2n) is 6.41. The molecular weight excluding hydrogens is 238 g/mol. The van der Waals surface area contributed by atoms with E-state index in [9.17, 15) is 4.79 Å². The first-order chi connectivity index (χ1) is 9.09. The second-order valence-corrected chi connectivity index (χ2v) is 6.41. The summed E-state index contributed by atoms with van der Waals surface area (Å²) in [5, 5.41) is 0. The molecule has 2 fully saturated rings. The topological polar surface area (TPSA) is 49.6 Å². The molecule has 4 nitrogen and oxygen atoms in total. The third-order valence-electron chi connectivity index (χ3n) is 4.86. The molecule has 0 bridgehead atoms. The molecule has 4 heteroatoms. The van der Waals surface area contributed by atoms with Crippen molar-refractivity contribution in [3.05, 3.63) is 0 Å². The Hall–Kier alpha value is -0.610. The quantitative estimate of drug-likeness (QED) is 0.838. The number of nitrogens with zero attached hydrogens (tertiary/aromatic N) is 2. The second kappa shape index (κ2) is 6.71. The van der Waals surface area contributed by atoms with Gasteiger partial charge in [0.15, 0.2) is 0 Å². The lowest BCUT2D eigenvalue weighted by Crippen LogP contribution is -2.57. The van der Waals surface area contributed by atoms with Crippen LogP contribution in [0.15, 0.2) is 0 Å². The fourth-order valence-electron chi connectivity index (χ4n) is 3.69. The monoisotopic (exact) mass is 267 g/mol. The molecule has 2 N–H and O–H groups in total. The maximum Gasteiger partial charge on any atom is 0.235 e. The number of piperazine rings is 1. The zero-order valence-electron chi connectivity index (χ0n) is 12.5. The van der Waals surface area contributed by atoms with Crippen molar-refractivity contribution in [3.63, 3.8) is 0 Å². The molecule has 2 aliphatic rings. The van der Waals surface area contributed by atoms with Gasteiger partial charge in [0, 0.05) is 32.2 Å². The average molecular weight is 267 g/mol. The molecule has 1 amide bonds. The van der Waals surface area contributed by atoms with Crippen LogP contribution in [0, 0.1) is 5.92 Å². The molecule has 1 aliphatic carbocycles. The van der Waals surface area contributed by atoms with Crippen molar-refractivity contribution in [2.24, 2.45) is 11.7 Å². The summed E-state index contributed by atoms with van der Waals surface area (Å²) < 4.78 is 0. The summed E-state index contributed by atoms with van der Waals surface area (Å²) in [6.45, 7) is 8.58. The van der Waals surface area contributed by atoms with Crippen LogP contribution in [0.3, 0.4) is 0 Å². The minimum Gasteiger partial charge on any atom is -0.368 e. The van der Waals surface area contributed by atoms with Crippen molar-refractivity contribution in [1.82, 2.24) is 9.80 Å². The van der Waals surface area contributed by atoms with Gasteiger partial charge in [0.2, 0.25) is 5.91 Å². The van der Waals surface area contributed by atoms with Gasteiger partial charge in [-0.1, -0.05) is 19.3 Å². The number of carbonyl (C=O) groups is 1. The van der Waals surface area contributed by atoms with Crippen LogP contribution in [-0.2, 0) is 4.79 Å². The van der Waals surface area contributed by atoms with E-state index in [-0.39, 0.29) is 11.9 Å². The minimum atomic E-state index is -0.107. The lowest BCUT2D eigenvalue weighted by molar-refractivity contribution is -0.126. The molecule has 19 heavy (non-hydrogen) atoms. The van der Waals surface area contributed by atoms with Crippen LogP contribution in [0.25, 0.3) is 0 Å². The molecule has 0 aromatic carbocycles. The highest BCUT2D eigenvalue weighted by Gasteiger charge is 2.34. The first-order valence-electron chi connectivity index (χ1n) is 7.87. The highest BCUT2D eigenvalue weighted by Crippen LogP contribution is 2.29. The van der Waals surface area contributed by atoms with E-state index in [1.807, 2.05) is 0 Å². The first-order valence-corrected chi connectivity index (χ1v) is 7.87. The standard InChI is InChI=1S/C15H29N3O/c1-12(2)17-8-10-18(11-9-17)14(15(16)19)13-6-4-3-5-7-13/h12-14H,3-11H2,1-2H3,(H2,16,19). The van der Waals surface area contributed by atoms with Crippen molar-refractivity contribution >= 4 is 5.91 Å². The predicted molar refractivity (Wildman–Crippen MR) is 77.8 cm³/mol. The summed E-state index contributed by atoms with van der Waals surface area (Å²) in [7, 11) is 0. The molecule has 1 heterocycles. The van der Waals surface area contributed by atoms with Crippen molar-refractivity contribution in [1.29, 1.82) is 0 Å². The molecule has 1 saturated carbocycles. The van der Waals surface area contributed by atoms with Gasteiger partial charge in [-0.25, -0.2) is 0 Å². The van der Waals surface area contributed by atoms with Gasteiger partial charge in [-0.3, -0.25) is 14.6 Å². The number of amides is 1. The average Bonchev–Trinajstić information content (AvgIpc) is 2.40. The van der Waals surface area contributed by atoms with Gasteiger partial charge in [0.25, 0.3) is 0 Å². The van der Waals surface area contributed by atoms with E-state index in [2.05, 4.69) is 23.6 Å². The number of primary amides is 1. The van der Waals surface area contributed by atoms with Gasteiger partial charge in [-0.05, 0) is 32.6 Å². The van der Waals surface area contributed by atoms with Crippen LogP contribution >= 0.6 is 0 Å². The van der Waals surface area contributed by atoms with Crippen molar-refractivity contribution < 1.29 is 4.79 Å². The maximum atomic E-state index is 11.9. The number of nitrogens with two attached hydrogens (primary N) is 1. The molecular formula is C15H29N3O. The summed E-state index contributed by atoms with van der Waals surface area (Å²) in [4.78, 5) is 16.7. The number of carbonyl (C=O) groups excluding carboxylic acids is 1. The summed E-state index contributed by atoms with van der Waals surface area (Å²) in [5.74, 6) is 0.391.